The van der Waals surface area contributed by atoms with Crippen molar-refractivity contribution in [3.63, 3.8) is 0 Å². The largest absolute Gasteiger partial charge is 0.514 e. The van der Waals surface area contributed by atoms with Gasteiger partial charge in [0, 0.05) is 6.42 Å². The Hall–Kier alpha value is -2.44. The van der Waals surface area contributed by atoms with Crippen molar-refractivity contribution < 1.29 is 23.8 Å². The molecule has 2 unspecified atom stereocenters. The van der Waals surface area contributed by atoms with E-state index in [1.165, 1.54) is 88.5 Å². The number of nitrogens with zero attached hydrogens (tertiary/aromatic N) is 1. The Bertz CT molecular complexity index is 797. The number of rotatable bonds is 26. The van der Waals surface area contributed by atoms with Crippen LogP contribution in [0.2, 0.25) is 0 Å². The number of benzene rings is 1. The fourth-order valence-electron chi connectivity index (χ4n) is 5.03. The van der Waals surface area contributed by atoms with Crippen LogP contribution in [0.4, 0.5) is 10.5 Å². The highest BCUT2D eigenvalue weighted by atomic mass is 16.7. The molecule has 0 bridgehead atoms. The Balaban J connectivity index is 2.48. The molecule has 0 fully saturated rings. The second-order valence-electron chi connectivity index (χ2n) is 11.4. The van der Waals surface area contributed by atoms with E-state index in [4.69, 9.17) is 14.2 Å². The third kappa shape index (κ3) is 20.1. The normalized spacial score (nSPS) is 12.5. The lowest BCUT2D eigenvalue weighted by Gasteiger charge is -2.19. The monoisotopic (exact) mass is 575 g/mol. The summed E-state index contributed by atoms with van der Waals surface area (Å²) in [4.78, 5) is 35.6. The number of unbranched alkanes of at least 4 members (excludes halogenated alkanes) is 11. The summed E-state index contributed by atoms with van der Waals surface area (Å²) in [5.41, 5.74) is 0.261. The average molecular weight is 576 g/mol. The molecule has 0 aliphatic carbocycles. The van der Waals surface area contributed by atoms with Gasteiger partial charge >= 0.3 is 12.1 Å². The molecule has 234 valence electrons. The molecule has 0 amide bonds. The van der Waals surface area contributed by atoms with Crippen LogP contribution in [0.15, 0.2) is 29.4 Å². The molecule has 0 aromatic heterocycles. The molecule has 0 N–H and O–H groups in total. The van der Waals surface area contributed by atoms with E-state index >= 15 is 0 Å². The lowest BCUT2D eigenvalue weighted by atomic mass is 9.95. The molecule has 0 radical (unpaired) electrons. The summed E-state index contributed by atoms with van der Waals surface area (Å²) in [6.45, 7) is 7.14. The van der Waals surface area contributed by atoms with Gasteiger partial charge < -0.3 is 14.2 Å². The first-order chi connectivity index (χ1) is 20.0. The number of esters is 1. The summed E-state index contributed by atoms with van der Waals surface area (Å²) in [7, 11) is 0. The third-order valence-corrected chi connectivity index (χ3v) is 7.60. The van der Waals surface area contributed by atoms with E-state index in [1.807, 2.05) is 0 Å². The van der Waals surface area contributed by atoms with Crippen LogP contribution in [0.5, 0.6) is 5.75 Å². The predicted octanol–water partition coefficient (Wildman–Crippen LogP) is 11.0. The van der Waals surface area contributed by atoms with Crippen LogP contribution in [0, 0.1) is 10.8 Å². The summed E-state index contributed by atoms with van der Waals surface area (Å²) in [5.74, 6) is 0.575. The van der Waals surface area contributed by atoms with Gasteiger partial charge in [-0.25, -0.2) is 4.79 Å². The Kier molecular flexibility index (Phi) is 22.6. The van der Waals surface area contributed by atoms with E-state index in [1.54, 1.807) is 0 Å². The van der Waals surface area contributed by atoms with Crippen LogP contribution in [0.25, 0.3) is 0 Å². The zero-order valence-electron chi connectivity index (χ0n) is 26.2. The maximum atomic E-state index is 12.6. The maximum Gasteiger partial charge on any atom is 0.514 e. The molecule has 0 aliphatic heterocycles. The van der Waals surface area contributed by atoms with Gasteiger partial charge in [0.1, 0.15) is 17.5 Å². The van der Waals surface area contributed by atoms with Gasteiger partial charge in [0.05, 0.1) is 6.61 Å². The molecule has 1 aromatic carbocycles. The molecule has 0 aliphatic rings. The first kappa shape index (κ1) is 36.6. The minimum Gasteiger partial charge on any atom is -0.465 e. The van der Waals surface area contributed by atoms with Gasteiger partial charge in [0.25, 0.3) is 0 Å². The maximum absolute atomic E-state index is 12.6. The van der Waals surface area contributed by atoms with Crippen LogP contribution >= 0.6 is 0 Å². The first-order valence-corrected chi connectivity index (χ1v) is 16.5. The Morgan fingerprint density at radius 3 is 1.78 bits per heavy atom. The Morgan fingerprint density at radius 2 is 1.20 bits per heavy atom. The molecule has 0 spiro atoms. The number of carbonyl (C=O) groups is 2. The van der Waals surface area contributed by atoms with Gasteiger partial charge in [-0.3, -0.25) is 4.79 Å². The van der Waals surface area contributed by atoms with Crippen molar-refractivity contribution in [2.45, 2.75) is 155 Å². The van der Waals surface area contributed by atoms with Crippen LogP contribution in [-0.4, -0.2) is 24.8 Å². The summed E-state index contributed by atoms with van der Waals surface area (Å²) in [6, 6.07) is 5.97. The second kappa shape index (κ2) is 25.3. The zero-order chi connectivity index (χ0) is 30.0. The number of hydrogen-bond acceptors (Lipinski definition) is 7. The minimum absolute atomic E-state index is 0.164. The number of hydrogen-bond donors (Lipinski definition) is 0. The SMILES string of the molecule is CCCCCCCCC(CCCCCC)COC(=O)CCCC(CCCCCC)OC(=O)Oc1ccc(N=O)cc1. The molecule has 2 atom stereocenters. The Labute approximate surface area is 249 Å². The van der Waals surface area contributed by atoms with Gasteiger partial charge in [0.2, 0.25) is 0 Å². The molecule has 7 heteroatoms. The molecule has 1 aromatic rings. The predicted molar refractivity (Wildman–Crippen MR) is 167 cm³/mol. The second-order valence-corrected chi connectivity index (χ2v) is 11.4. The van der Waals surface area contributed by atoms with Crippen molar-refractivity contribution in [2.75, 3.05) is 6.61 Å². The quantitative estimate of drug-likeness (QED) is 0.0472. The topological polar surface area (TPSA) is 91.3 Å². The van der Waals surface area contributed by atoms with Crippen LogP contribution < -0.4 is 4.74 Å². The van der Waals surface area contributed by atoms with E-state index in [0.717, 1.165) is 44.9 Å². The lowest BCUT2D eigenvalue weighted by Crippen LogP contribution is -2.21. The summed E-state index contributed by atoms with van der Waals surface area (Å²) in [5, 5.41) is 2.84. The minimum atomic E-state index is -0.777. The first-order valence-electron chi connectivity index (χ1n) is 16.5. The van der Waals surface area contributed by atoms with Gasteiger partial charge in [-0.15, -0.1) is 4.91 Å². The van der Waals surface area contributed by atoms with E-state index in [0.29, 0.717) is 37.5 Å². The fraction of sp³-hybridized carbons (Fsp3) is 0.765. The number of nitroso groups, excluding NO2 is 1. The smallest absolute Gasteiger partial charge is 0.465 e. The van der Waals surface area contributed by atoms with Crippen LogP contribution in [0.1, 0.15) is 149 Å². The highest BCUT2D eigenvalue weighted by Crippen LogP contribution is 2.22. The van der Waals surface area contributed by atoms with Crippen molar-refractivity contribution in [3.05, 3.63) is 29.2 Å². The average Bonchev–Trinajstić information content (AvgIpc) is 2.97. The van der Waals surface area contributed by atoms with Crippen molar-refractivity contribution in [1.82, 2.24) is 0 Å². The van der Waals surface area contributed by atoms with E-state index in [-0.39, 0.29) is 17.8 Å². The highest BCUT2D eigenvalue weighted by molar-refractivity contribution is 5.69. The molecule has 7 nitrogen and oxygen atoms in total. The molecular formula is C34H57NO6. The van der Waals surface area contributed by atoms with E-state index < -0.39 is 6.16 Å². The Morgan fingerprint density at radius 1 is 0.683 bits per heavy atom. The third-order valence-electron chi connectivity index (χ3n) is 7.60. The van der Waals surface area contributed by atoms with Crippen molar-refractivity contribution >= 4 is 17.8 Å². The molecule has 0 heterocycles. The highest BCUT2D eigenvalue weighted by Gasteiger charge is 2.18. The van der Waals surface area contributed by atoms with E-state index in [2.05, 4.69) is 25.9 Å². The van der Waals surface area contributed by atoms with Crippen LogP contribution in [-0.2, 0) is 14.3 Å². The van der Waals surface area contributed by atoms with Crippen LogP contribution in [0.3, 0.4) is 0 Å². The standard InChI is InChI=1S/C34H57NO6/c1-4-7-10-13-14-16-20-29(19-15-11-8-5-2)28-39-33(36)23-18-22-31(21-17-12-9-6-3)40-34(37)41-32-26-24-30(35-38)25-27-32/h24-27,29,31H,4-23,28H2,1-3H3. The zero-order valence-corrected chi connectivity index (χ0v) is 26.2. The molecule has 0 saturated heterocycles. The molecule has 1 rings (SSSR count). The summed E-state index contributed by atoms with van der Waals surface area (Å²) in [6.07, 6.45) is 20.3. The van der Waals surface area contributed by atoms with Gasteiger partial charge in [-0.2, -0.15) is 0 Å². The molecule has 41 heavy (non-hydrogen) atoms. The number of ether oxygens (including phenoxy) is 3. The number of carbonyl (C=O) groups excluding carboxylic acids is 2. The summed E-state index contributed by atoms with van der Waals surface area (Å²) < 4.78 is 16.6. The lowest BCUT2D eigenvalue weighted by molar-refractivity contribution is -0.145. The molecular weight excluding hydrogens is 518 g/mol. The van der Waals surface area contributed by atoms with Crippen molar-refractivity contribution in [2.24, 2.45) is 11.1 Å². The van der Waals surface area contributed by atoms with Gasteiger partial charge in [-0.1, -0.05) is 104 Å². The van der Waals surface area contributed by atoms with Crippen molar-refractivity contribution in [3.8, 4) is 5.75 Å². The van der Waals surface area contributed by atoms with Gasteiger partial charge in [0.15, 0.2) is 0 Å². The molecule has 0 saturated carbocycles. The summed E-state index contributed by atoms with van der Waals surface area (Å²) >= 11 is 0. The van der Waals surface area contributed by atoms with E-state index in [9.17, 15) is 14.5 Å². The van der Waals surface area contributed by atoms with Gasteiger partial charge in [-0.05, 0) is 73.9 Å². The van der Waals surface area contributed by atoms with Crippen molar-refractivity contribution in [1.29, 1.82) is 0 Å². The fourth-order valence-corrected chi connectivity index (χ4v) is 5.03.